The van der Waals surface area contributed by atoms with Gasteiger partial charge in [0.15, 0.2) is 9.84 Å². The maximum atomic E-state index is 11.9. The van der Waals surface area contributed by atoms with Crippen molar-refractivity contribution in [1.29, 1.82) is 0 Å². The molecule has 1 aliphatic rings. The van der Waals surface area contributed by atoms with E-state index in [1.54, 1.807) is 0 Å². The van der Waals surface area contributed by atoms with Gasteiger partial charge in [-0.1, -0.05) is 42.5 Å². The van der Waals surface area contributed by atoms with Gasteiger partial charge in [-0.2, -0.15) is 0 Å². The van der Waals surface area contributed by atoms with Crippen LogP contribution in [-0.2, 0) is 9.84 Å². The molecule has 0 bridgehead atoms. The van der Waals surface area contributed by atoms with E-state index in [0.29, 0.717) is 5.69 Å². The predicted molar refractivity (Wildman–Crippen MR) is 90.7 cm³/mol. The molecule has 0 spiro atoms. The Balaban J connectivity index is 1.60. The molecule has 6 heteroatoms. The van der Waals surface area contributed by atoms with Crippen LogP contribution in [0.2, 0.25) is 0 Å². The summed E-state index contributed by atoms with van der Waals surface area (Å²) in [5.74, 6) is -0.0899. The second-order valence-electron chi connectivity index (χ2n) is 5.31. The molecular formula is C17H16N2O3S. The first-order valence-electron chi connectivity index (χ1n) is 7.16. The van der Waals surface area contributed by atoms with Crippen LogP contribution in [0.5, 0.6) is 0 Å². The van der Waals surface area contributed by atoms with E-state index < -0.39 is 21.9 Å². The number of carbonyl (C=O) groups is 1. The van der Waals surface area contributed by atoms with Crippen LogP contribution in [-0.4, -0.2) is 26.2 Å². The van der Waals surface area contributed by atoms with Crippen molar-refractivity contribution >= 4 is 21.6 Å². The molecule has 23 heavy (non-hydrogen) atoms. The molecule has 0 aromatic heterocycles. The second kappa shape index (κ2) is 6.26. The summed E-state index contributed by atoms with van der Waals surface area (Å²) in [6.07, 6.45) is 1.48. The normalized spacial score (nSPS) is 18.5. The predicted octanol–water partition coefficient (Wildman–Crippen LogP) is 2.79. The fourth-order valence-corrected chi connectivity index (χ4v) is 3.61. The van der Waals surface area contributed by atoms with Crippen molar-refractivity contribution < 1.29 is 13.2 Å². The molecule has 2 amide bonds. The molecular weight excluding hydrogens is 312 g/mol. The maximum absolute atomic E-state index is 11.9. The number of benzene rings is 2. The number of carbonyl (C=O) groups excluding carboxylic acids is 1. The van der Waals surface area contributed by atoms with Crippen LogP contribution in [0.25, 0.3) is 11.1 Å². The summed E-state index contributed by atoms with van der Waals surface area (Å²) in [5.41, 5.74) is 2.80. The smallest absolute Gasteiger partial charge is 0.319 e. The van der Waals surface area contributed by atoms with Crippen molar-refractivity contribution in [3.8, 4) is 11.1 Å². The molecule has 0 fully saturated rings. The third kappa shape index (κ3) is 3.98. The Morgan fingerprint density at radius 2 is 1.61 bits per heavy atom. The van der Waals surface area contributed by atoms with Crippen molar-refractivity contribution in [2.24, 2.45) is 0 Å². The molecule has 1 heterocycles. The number of hydrogen-bond acceptors (Lipinski definition) is 3. The molecule has 3 rings (SSSR count). The van der Waals surface area contributed by atoms with E-state index in [2.05, 4.69) is 10.6 Å². The summed E-state index contributed by atoms with van der Waals surface area (Å²) in [6, 6.07) is 16.5. The van der Waals surface area contributed by atoms with Crippen LogP contribution in [0.15, 0.2) is 66.1 Å². The summed E-state index contributed by atoms with van der Waals surface area (Å²) in [7, 11) is -3.17. The molecule has 2 aromatic carbocycles. The van der Waals surface area contributed by atoms with E-state index in [4.69, 9.17) is 0 Å². The van der Waals surface area contributed by atoms with Gasteiger partial charge in [-0.05, 0) is 29.3 Å². The van der Waals surface area contributed by atoms with Crippen LogP contribution in [0.3, 0.4) is 0 Å². The fraction of sp³-hybridized carbons (Fsp3) is 0.118. The number of urea groups is 1. The van der Waals surface area contributed by atoms with Crippen molar-refractivity contribution in [2.45, 2.75) is 6.04 Å². The summed E-state index contributed by atoms with van der Waals surface area (Å²) in [6.45, 7) is 0. The van der Waals surface area contributed by atoms with E-state index in [1.165, 1.54) is 6.08 Å². The van der Waals surface area contributed by atoms with Gasteiger partial charge in [-0.25, -0.2) is 13.2 Å². The highest BCUT2D eigenvalue weighted by Gasteiger charge is 2.22. The molecule has 5 nitrogen and oxygen atoms in total. The van der Waals surface area contributed by atoms with Crippen LogP contribution < -0.4 is 10.6 Å². The zero-order chi connectivity index (χ0) is 16.3. The van der Waals surface area contributed by atoms with Gasteiger partial charge in [-0.15, -0.1) is 0 Å². The van der Waals surface area contributed by atoms with Crippen LogP contribution >= 0.6 is 0 Å². The minimum Gasteiger partial charge on any atom is -0.331 e. The third-order valence-electron chi connectivity index (χ3n) is 3.50. The molecule has 0 saturated heterocycles. The van der Waals surface area contributed by atoms with E-state index in [1.807, 2.05) is 54.6 Å². The number of nitrogens with one attached hydrogen (secondary N) is 2. The van der Waals surface area contributed by atoms with Gasteiger partial charge < -0.3 is 10.6 Å². The lowest BCUT2D eigenvalue weighted by molar-refractivity contribution is 0.251. The first-order valence-corrected chi connectivity index (χ1v) is 8.87. The number of anilines is 1. The largest absolute Gasteiger partial charge is 0.331 e. The van der Waals surface area contributed by atoms with Gasteiger partial charge in [0.2, 0.25) is 0 Å². The molecule has 118 valence electrons. The van der Waals surface area contributed by atoms with Gasteiger partial charge in [0, 0.05) is 11.1 Å². The maximum Gasteiger partial charge on any atom is 0.319 e. The molecule has 1 aliphatic heterocycles. The summed E-state index contributed by atoms with van der Waals surface area (Å²) in [4.78, 5) is 11.9. The standard InChI is InChI=1S/C17H16N2O3S/c20-17(19-16-10-11-23(21,22)12-16)18-15-8-6-14(7-9-15)13-4-2-1-3-5-13/h1-11,16H,12H2,(H2,18,19,20). The number of rotatable bonds is 3. The van der Waals surface area contributed by atoms with E-state index >= 15 is 0 Å². The summed E-state index contributed by atoms with van der Waals surface area (Å²) in [5, 5.41) is 6.44. The van der Waals surface area contributed by atoms with Crippen molar-refractivity contribution in [2.75, 3.05) is 11.1 Å². The van der Waals surface area contributed by atoms with Crippen molar-refractivity contribution in [1.82, 2.24) is 5.32 Å². The Morgan fingerprint density at radius 1 is 0.957 bits per heavy atom. The molecule has 1 atom stereocenters. The highest BCUT2D eigenvalue weighted by Crippen LogP contribution is 2.21. The van der Waals surface area contributed by atoms with Crippen LogP contribution in [0.1, 0.15) is 0 Å². The van der Waals surface area contributed by atoms with Gasteiger partial charge in [0.05, 0.1) is 11.8 Å². The number of hydrogen-bond donors (Lipinski definition) is 2. The average molecular weight is 328 g/mol. The third-order valence-corrected chi connectivity index (χ3v) is 4.89. The van der Waals surface area contributed by atoms with Crippen molar-refractivity contribution in [3.05, 3.63) is 66.1 Å². The van der Waals surface area contributed by atoms with E-state index in [0.717, 1.165) is 16.5 Å². The van der Waals surface area contributed by atoms with Crippen LogP contribution in [0.4, 0.5) is 10.5 Å². The number of amides is 2. The summed E-state index contributed by atoms with van der Waals surface area (Å²) < 4.78 is 22.6. The monoisotopic (exact) mass is 328 g/mol. The highest BCUT2D eigenvalue weighted by molar-refractivity contribution is 7.94. The molecule has 0 radical (unpaired) electrons. The topological polar surface area (TPSA) is 75.3 Å². The molecule has 0 saturated carbocycles. The minimum absolute atomic E-state index is 0.0899. The first-order chi connectivity index (χ1) is 11.0. The fourth-order valence-electron chi connectivity index (χ4n) is 2.38. The quantitative estimate of drug-likeness (QED) is 0.910. The van der Waals surface area contributed by atoms with Crippen molar-refractivity contribution in [3.63, 3.8) is 0 Å². The first kappa shape index (κ1) is 15.3. The van der Waals surface area contributed by atoms with Gasteiger partial charge in [0.25, 0.3) is 0 Å². The summed E-state index contributed by atoms with van der Waals surface area (Å²) >= 11 is 0. The number of sulfone groups is 1. The lowest BCUT2D eigenvalue weighted by atomic mass is 10.1. The molecule has 2 aromatic rings. The Labute approximate surface area is 135 Å². The second-order valence-corrected chi connectivity index (χ2v) is 7.24. The Kier molecular flexibility index (Phi) is 4.16. The molecule has 1 unspecified atom stereocenters. The lowest BCUT2D eigenvalue weighted by Gasteiger charge is -2.11. The van der Waals surface area contributed by atoms with Gasteiger partial charge >= 0.3 is 6.03 Å². The average Bonchev–Trinajstić information content (AvgIpc) is 2.87. The minimum atomic E-state index is -3.17. The van der Waals surface area contributed by atoms with E-state index in [-0.39, 0.29) is 5.75 Å². The molecule has 0 aliphatic carbocycles. The van der Waals surface area contributed by atoms with Crippen LogP contribution in [0, 0.1) is 0 Å². The lowest BCUT2D eigenvalue weighted by Crippen LogP contribution is -2.38. The Hall–Kier alpha value is -2.60. The van der Waals surface area contributed by atoms with E-state index in [9.17, 15) is 13.2 Å². The van der Waals surface area contributed by atoms with Gasteiger partial charge in [0.1, 0.15) is 0 Å². The Morgan fingerprint density at radius 3 is 2.22 bits per heavy atom. The Bertz CT molecular complexity index is 828. The zero-order valence-electron chi connectivity index (χ0n) is 12.3. The highest BCUT2D eigenvalue weighted by atomic mass is 32.2. The van der Waals surface area contributed by atoms with Gasteiger partial charge in [-0.3, -0.25) is 0 Å². The SMILES string of the molecule is O=C(Nc1ccc(-c2ccccc2)cc1)NC1C=CS(=O)(=O)C1. The zero-order valence-corrected chi connectivity index (χ0v) is 13.1. The molecule has 2 N–H and O–H groups in total.